The molecule has 2 heterocycles. The van der Waals surface area contributed by atoms with Crippen LogP contribution in [0.1, 0.15) is 36.6 Å². The quantitative estimate of drug-likeness (QED) is 0.891. The number of carbonyl (C=O) groups excluding carboxylic acids is 1. The van der Waals surface area contributed by atoms with Crippen molar-refractivity contribution in [1.29, 1.82) is 0 Å². The fourth-order valence-corrected chi connectivity index (χ4v) is 4.03. The molecule has 4 rings (SSSR count). The summed E-state index contributed by atoms with van der Waals surface area (Å²) in [5, 5.41) is 10.2. The number of rotatable bonds is 4. The molecule has 0 saturated heterocycles. The average molecular weight is 364 g/mol. The molecule has 0 spiro atoms. The summed E-state index contributed by atoms with van der Waals surface area (Å²) in [5.41, 5.74) is 3.26. The Morgan fingerprint density at radius 3 is 2.85 bits per heavy atom. The summed E-state index contributed by atoms with van der Waals surface area (Å²) in [6.07, 6.45) is 2.79. The Morgan fingerprint density at radius 2 is 2.00 bits per heavy atom. The van der Waals surface area contributed by atoms with Crippen molar-refractivity contribution in [3.63, 3.8) is 0 Å². The van der Waals surface area contributed by atoms with Crippen LogP contribution in [-0.4, -0.2) is 28.1 Å². The molecule has 0 aromatic heterocycles. The number of nitrogens with zero attached hydrogens (tertiary/aromatic N) is 3. The van der Waals surface area contributed by atoms with Gasteiger partial charge in [-0.25, -0.2) is 10.0 Å². The van der Waals surface area contributed by atoms with E-state index in [0.717, 1.165) is 22.8 Å². The van der Waals surface area contributed by atoms with Gasteiger partial charge in [-0.05, 0) is 18.6 Å². The predicted octanol–water partition coefficient (Wildman–Crippen LogP) is 4.03. The lowest BCUT2D eigenvalue weighted by molar-refractivity contribution is -0.119. The van der Waals surface area contributed by atoms with Gasteiger partial charge in [0.25, 0.3) is 0 Å². The van der Waals surface area contributed by atoms with Crippen molar-refractivity contribution < 1.29 is 4.79 Å². The number of hydrogen-bond donors (Lipinski definition) is 1. The highest BCUT2D eigenvalue weighted by Gasteiger charge is 2.32. The van der Waals surface area contributed by atoms with E-state index in [4.69, 9.17) is 4.99 Å². The fourth-order valence-electron chi connectivity index (χ4n) is 3.22. The SMILES string of the molecule is CC(NC(=O)CSC1=Nc2ccccc2C2CC=NN12)c1ccccc1. The normalized spacial score (nSPS) is 18.7. The number of amidine groups is 1. The molecular weight excluding hydrogens is 344 g/mol. The van der Waals surface area contributed by atoms with E-state index < -0.39 is 0 Å². The number of hydrogen-bond acceptors (Lipinski definition) is 5. The number of benzene rings is 2. The summed E-state index contributed by atoms with van der Waals surface area (Å²) in [5.74, 6) is 0.310. The van der Waals surface area contributed by atoms with Crippen molar-refractivity contribution >= 4 is 34.7 Å². The van der Waals surface area contributed by atoms with Crippen LogP contribution in [0.4, 0.5) is 5.69 Å². The molecule has 26 heavy (non-hydrogen) atoms. The molecular formula is C20H20N4OS. The van der Waals surface area contributed by atoms with Crippen LogP contribution < -0.4 is 5.32 Å². The molecule has 6 heteroatoms. The van der Waals surface area contributed by atoms with Gasteiger partial charge in [0.1, 0.15) is 0 Å². The zero-order valence-corrected chi connectivity index (χ0v) is 15.3. The third kappa shape index (κ3) is 3.37. The lowest BCUT2D eigenvalue weighted by atomic mass is 10.0. The molecule has 2 aromatic rings. The third-order valence-corrected chi connectivity index (χ3v) is 5.49. The first-order chi connectivity index (χ1) is 12.7. The molecule has 5 nitrogen and oxygen atoms in total. The summed E-state index contributed by atoms with van der Waals surface area (Å²) >= 11 is 1.43. The Hall–Kier alpha value is -2.60. The van der Waals surface area contributed by atoms with Gasteiger partial charge in [0.2, 0.25) is 5.91 Å². The van der Waals surface area contributed by atoms with Crippen molar-refractivity contribution in [1.82, 2.24) is 10.3 Å². The average Bonchev–Trinajstić information content (AvgIpc) is 3.17. The van der Waals surface area contributed by atoms with E-state index in [-0.39, 0.29) is 18.0 Å². The maximum absolute atomic E-state index is 12.4. The first-order valence-electron chi connectivity index (χ1n) is 8.69. The molecule has 0 aliphatic carbocycles. The minimum atomic E-state index is -0.0177. The summed E-state index contributed by atoms with van der Waals surface area (Å²) in [4.78, 5) is 17.1. The molecule has 2 aromatic carbocycles. The van der Waals surface area contributed by atoms with Gasteiger partial charge in [0.15, 0.2) is 5.17 Å². The zero-order valence-electron chi connectivity index (χ0n) is 14.5. The summed E-state index contributed by atoms with van der Waals surface area (Å²) < 4.78 is 0. The Morgan fingerprint density at radius 1 is 1.23 bits per heavy atom. The van der Waals surface area contributed by atoms with Gasteiger partial charge in [-0.15, -0.1) is 0 Å². The fraction of sp³-hybridized carbons (Fsp3) is 0.250. The molecule has 0 radical (unpaired) electrons. The Balaban J connectivity index is 1.42. The van der Waals surface area contributed by atoms with Crippen LogP contribution in [0, 0.1) is 0 Å². The molecule has 0 fully saturated rings. The molecule has 1 amide bonds. The van der Waals surface area contributed by atoms with Crippen LogP contribution in [0.25, 0.3) is 0 Å². The molecule has 2 aliphatic rings. The summed E-state index contributed by atoms with van der Waals surface area (Å²) in [6.45, 7) is 1.99. The molecule has 0 bridgehead atoms. The third-order valence-electron chi connectivity index (χ3n) is 4.55. The van der Waals surface area contributed by atoms with Gasteiger partial charge >= 0.3 is 0 Å². The highest BCUT2D eigenvalue weighted by atomic mass is 32.2. The standard InChI is InChI=1S/C20H20N4OS/c1-14(15-7-3-2-4-8-15)22-19(25)13-26-20-23-17-10-6-5-9-16(17)18-11-12-21-24(18)20/h2-10,12,14,18H,11,13H2,1H3,(H,22,25). The highest BCUT2D eigenvalue weighted by molar-refractivity contribution is 8.14. The number of aliphatic imine (C=N–C) groups is 1. The van der Waals surface area contributed by atoms with Crippen LogP contribution in [0.2, 0.25) is 0 Å². The van der Waals surface area contributed by atoms with E-state index >= 15 is 0 Å². The van der Waals surface area contributed by atoms with E-state index in [1.54, 1.807) is 0 Å². The predicted molar refractivity (Wildman–Crippen MR) is 107 cm³/mol. The lowest BCUT2D eigenvalue weighted by Gasteiger charge is -2.29. The van der Waals surface area contributed by atoms with Crippen LogP contribution in [0.5, 0.6) is 0 Å². The van der Waals surface area contributed by atoms with E-state index in [1.807, 2.05) is 66.7 Å². The Bertz CT molecular complexity index is 865. The van der Waals surface area contributed by atoms with Crippen molar-refractivity contribution in [2.45, 2.75) is 25.4 Å². The van der Waals surface area contributed by atoms with E-state index in [0.29, 0.717) is 5.75 Å². The van der Waals surface area contributed by atoms with Crippen LogP contribution in [0.15, 0.2) is 64.7 Å². The van der Waals surface area contributed by atoms with E-state index in [9.17, 15) is 4.79 Å². The van der Waals surface area contributed by atoms with Gasteiger partial charge in [-0.2, -0.15) is 5.10 Å². The molecule has 2 unspecified atom stereocenters. The minimum Gasteiger partial charge on any atom is -0.349 e. The Labute approximate surface area is 157 Å². The zero-order chi connectivity index (χ0) is 17.9. The second-order valence-corrected chi connectivity index (χ2v) is 7.28. The number of hydrazone groups is 1. The molecule has 132 valence electrons. The van der Waals surface area contributed by atoms with Gasteiger partial charge in [-0.3, -0.25) is 4.79 Å². The molecule has 2 atom stereocenters. The first-order valence-corrected chi connectivity index (χ1v) is 9.67. The highest BCUT2D eigenvalue weighted by Crippen LogP contribution is 2.40. The second-order valence-electron chi connectivity index (χ2n) is 6.34. The van der Waals surface area contributed by atoms with Gasteiger partial charge in [0.05, 0.1) is 23.5 Å². The van der Waals surface area contributed by atoms with Gasteiger partial charge < -0.3 is 5.32 Å². The lowest BCUT2D eigenvalue weighted by Crippen LogP contribution is -2.32. The number of thioether (sulfide) groups is 1. The number of carbonyl (C=O) groups is 1. The molecule has 0 saturated carbocycles. The van der Waals surface area contributed by atoms with E-state index in [2.05, 4.69) is 16.5 Å². The first kappa shape index (κ1) is 16.8. The summed E-state index contributed by atoms with van der Waals surface area (Å²) in [6, 6.07) is 18.3. The van der Waals surface area contributed by atoms with Crippen LogP contribution in [0.3, 0.4) is 0 Å². The number of amides is 1. The maximum Gasteiger partial charge on any atom is 0.230 e. The van der Waals surface area contributed by atoms with Crippen LogP contribution >= 0.6 is 11.8 Å². The molecule has 2 aliphatic heterocycles. The van der Waals surface area contributed by atoms with Gasteiger partial charge in [-0.1, -0.05) is 60.3 Å². The maximum atomic E-state index is 12.4. The van der Waals surface area contributed by atoms with E-state index in [1.165, 1.54) is 17.3 Å². The second kappa shape index (κ2) is 7.33. The van der Waals surface area contributed by atoms with Crippen molar-refractivity contribution in [2.75, 3.05) is 5.75 Å². The van der Waals surface area contributed by atoms with Crippen molar-refractivity contribution in [3.05, 3.63) is 65.7 Å². The van der Waals surface area contributed by atoms with Crippen molar-refractivity contribution in [3.8, 4) is 0 Å². The number of nitrogens with one attached hydrogen (secondary N) is 1. The van der Waals surface area contributed by atoms with Crippen LogP contribution in [-0.2, 0) is 4.79 Å². The Kier molecular flexibility index (Phi) is 4.75. The summed E-state index contributed by atoms with van der Waals surface area (Å²) in [7, 11) is 0. The number of fused-ring (bicyclic) bond motifs is 3. The van der Waals surface area contributed by atoms with Crippen molar-refractivity contribution in [2.24, 2.45) is 10.1 Å². The minimum absolute atomic E-state index is 0.00682. The topological polar surface area (TPSA) is 57.1 Å². The largest absolute Gasteiger partial charge is 0.349 e. The molecule has 1 N–H and O–H groups in total. The monoisotopic (exact) mass is 364 g/mol. The van der Waals surface area contributed by atoms with Gasteiger partial charge in [0, 0.05) is 18.2 Å². The number of para-hydroxylation sites is 1. The smallest absolute Gasteiger partial charge is 0.230 e.